The predicted octanol–water partition coefficient (Wildman–Crippen LogP) is -0.400. The summed E-state index contributed by atoms with van der Waals surface area (Å²) >= 11 is 0. The lowest BCUT2D eigenvalue weighted by Crippen LogP contribution is -3.02. The fourth-order valence-corrected chi connectivity index (χ4v) is 1.36. The van der Waals surface area contributed by atoms with Crippen LogP contribution in [0.3, 0.4) is 0 Å². The van der Waals surface area contributed by atoms with Gasteiger partial charge in [0, 0.05) is 12.3 Å². The van der Waals surface area contributed by atoms with E-state index in [4.69, 9.17) is 0 Å². The zero-order valence-electron chi connectivity index (χ0n) is 10.2. The van der Waals surface area contributed by atoms with E-state index in [-0.39, 0.29) is 17.7 Å². The van der Waals surface area contributed by atoms with Crippen molar-refractivity contribution in [1.29, 1.82) is 0 Å². The van der Waals surface area contributed by atoms with Crippen molar-refractivity contribution in [2.75, 3.05) is 21.1 Å². The van der Waals surface area contributed by atoms with E-state index in [1.165, 1.54) is 4.90 Å². The molecule has 1 unspecified atom stereocenters. The molecule has 0 aromatic heterocycles. The van der Waals surface area contributed by atoms with E-state index in [0.29, 0.717) is 6.42 Å². The van der Waals surface area contributed by atoms with Gasteiger partial charge in [-0.25, -0.2) is 0 Å². The lowest BCUT2D eigenvalue weighted by molar-refractivity contribution is -0.836. The van der Waals surface area contributed by atoms with Crippen LogP contribution in [0.5, 0.6) is 0 Å². The maximum absolute atomic E-state index is 11.1. The van der Waals surface area contributed by atoms with E-state index >= 15 is 0 Å². The van der Waals surface area contributed by atoms with Crippen LogP contribution in [0.25, 0.3) is 0 Å². The summed E-state index contributed by atoms with van der Waals surface area (Å²) in [7, 11) is 6.25. The molecule has 15 heavy (non-hydrogen) atoms. The Morgan fingerprint density at radius 1 is 1.33 bits per heavy atom. The molecule has 1 aliphatic rings. The van der Waals surface area contributed by atoms with E-state index in [1.54, 1.807) is 0 Å². The van der Waals surface area contributed by atoms with Crippen molar-refractivity contribution in [2.45, 2.75) is 32.6 Å². The first kappa shape index (κ1) is 14.1. The fraction of sp³-hybridized carbons (Fsp3) is 0.818. The molecule has 0 aromatic carbocycles. The predicted molar refractivity (Wildman–Crippen MR) is 59.5 cm³/mol. The Morgan fingerprint density at radius 3 is 2.27 bits per heavy atom. The van der Waals surface area contributed by atoms with Crippen LogP contribution in [0.1, 0.15) is 32.6 Å². The largest absolute Gasteiger partial charge is 0.342 e. The molecule has 4 nitrogen and oxygen atoms in total. The summed E-state index contributed by atoms with van der Waals surface area (Å²) < 4.78 is 0. The minimum absolute atomic E-state index is 0.0805. The van der Waals surface area contributed by atoms with E-state index < -0.39 is 0 Å². The van der Waals surface area contributed by atoms with Gasteiger partial charge in [0.25, 0.3) is 0 Å². The highest BCUT2D eigenvalue weighted by atomic mass is 16.2. The number of hydrogen-bond donors (Lipinski definition) is 2. The van der Waals surface area contributed by atoms with E-state index in [1.807, 2.05) is 6.92 Å². The average Bonchev–Trinajstić information content (AvgIpc) is 2.09. The van der Waals surface area contributed by atoms with Gasteiger partial charge < -0.3 is 4.90 Å². The van der Waals surface area contributed by atoms with Crippen molar-refractivity contribution < 1.29 is 14.5 Å². The number of rotatable bonds is 2. The number of carbonyl (C=O) groups is 2. The smallest absolute Gasteiger partial charge is 0.229 e. The molecular formula is C11H23N2O2+. The number of piperidine rings is 1. The van der Waals surface area contributed by atoms with Crippen molar-refractivity contribution in [3.05, 3.63) is 0 Å². The van der Waals surface area contributed by atoms with Crippen LogP contribution >= 0.6 is 0 Å². The second-order valence-electron chi connectivity index (χ2n) is 4.44. The van der Waals surface area contributed by atoms with Gasteiger partial charge in [0.1, 0.15) is 0 Å². The minimum Gasteiger partial charge on any atom is -0.342 e. The number of hydrogen-bond acceptors (Lipinski definition) is 2. The number of amides is 2. The SMILES string of the molecule is CCCC1CCC(=O)NC1=O.C[NH+](C)C. The summed E-state index contributed by atoms with van der Waals surface area (Å²) in [4.78, 5) is 23.2. The van der Waals surface area contributed by atoms with Crippen LogP contribution < -0.4 is 10.2 Å². The van der Waals surface area contributed by atoms with Gasteiger partial charge >= 0.3 is 0 Å². The Labute approximate surface area is 92.0 Å². The lowest BCUT2D eigenvalue weighted by Gasteiger charge is -2.19. The molecule has 0 saturated carbocycles. The van der Waals surface area contributed by atoms with Crippen LogP contribution in [-0.2, 0) is 9.59 Å². The second kappa shape index (κ2) is 7.40. The molecule has 1 fully saturated rings. The third-order valence-electron chi connectivity index (χ3n) is 1.99. The molecule has 0 aliphatic carbocycles. The van der Waals surface area contributed by atoms with Gasteiger partial charge in [0.2, 0.25) is 11.8 Å². The second-order valence-corrected chi connectivity index (χ2v) is 4.44. The molecular weight excluding hydrogens is 192 g/mol. The first-order valence-corrected chi connectivity index (χ1v) is 5.57. The van der Waals surface area contributed by atoms with Crippen molar-refractivity contribution in [2.24, 2.45) is 5.92 Å². The summed E-state index contributed by atoms with van der Waals surface area (Å²) in [5, 5.41) is 2.34. The van der Waals surface area contributed by atoms with Crippen molar-refractivity contribution >= 4 is 11.8 Å². The molecule has 88 valence electrons. The molecule has 4 heteroatoms. The van der Waals surface area contributed by atoms with Crippen molar-refractivity contribution in [3.63, 3.8) is 0 Å². The molecule has 1 rings (SSSR count). The zero-order valence-corrected chi connectivity index (χ0v) is 10.2. The van der Waals surface area contributed by atoms with Crippen LogP contribution in [0.2, 0.25) is 0 Å². The van der Waals surface area contributed by atoms with Crippen molar-refractivity contribution in [1.82, 2.24) is 5.32 Å². The Hall–Kier alpha value is -0.900. The molecule has 0 bridgehead atoms. The minimum atomic E-state index is -0.123. The summed E-state index contributed by atoms with van der Waals surface area (Å²) in [5.74, 6) is -0.122. The summed E-state index contributed by atoms with van der Waals surface area (Å²) in [5.41, 5.74) is 0. The zero-order chi connectivity index (χ0) is 11.8. The van der Waals surface area contributed by atoms with E-state index in [0.717, 1.165) is 19.3 Å². The monoisotopic (exact) mass is 215 g/mol. The molecule has 0 aromatic rings. The maximum Gasteiger partial charge on any atom is 0.229 e. The molecule has 2 amide bonds. The van der Waals surface area contributed by atoms with Gasteiger partial charge in [-0.2, -0.15) is 0 Å². The van der Waals surface area contributed by atoms with Crippen molar-refractivity contribution in [3.8, 4) is 0 Å². The van der Waals surface area contributed by atoms with Gasteiger partial charge in [0.05, 0.1) is 21.1 Å². The first-order valence-electron chi connectivity index (χ1n) is 5.57. The summed E-state index contributed by atoms with van der Waals surface area (Å²) in [6.45, 7) is 2.05. The van der Waals surface area contributed by atoms with Crippen LogP contribution in [-0.4, -0.2) is 33.0 Å². The Balaban J connectivity index is 0.000000423. The number of imide groups is 1. The number of carbonyl (C=O) groups excluding carboxylic acids is 2. The quantitative estimate of drug-likeness (QED) is 0.616. The molecule has 1 aliphatic heterocycles. The molecule has 0 spiro atoms. The average molecular weight is 215 g/mol. The molecule has 2 N–H and O–H groups in total. The van der Waals surface area contributed by atoms with Gasteiger partial charge in [-0.3, -0.25) is 14.9 Å². The van der Waals surface area contributed by atoms with E-state index in [2.05, 4.69) is 26.5 Å². The summed E-state index contributed by atoms with van der Waals surface area (Å²) in [6.07, 6.45) is 3.15. The Kier molecular flexibility index (Phi) is 6.96. The van der Waals surface area contributed by atoms with Crippen LogP contribution in [0.4, 0.5) is 0 Å². The highest BCUT2D eigenvalue weighted by molar-refractivity contribution is 5.98. The van der Waals surface area contributed by atoms with Gasteiger partial charge in [-0.15, -0.1) is 0 Å². The highest BCUT2D eigenvalue weighted by Crippen LogP contribution is 2.16. The van der Waals surface area contributed by atoms with Gasteiger partial charge in [-0.1, -0.05) is 13.3 Å². The number of quaternary nitrogens is 1. The first-order chi connectivity index (χ1) is 6.97. The third-order valence-corrected chi connectivity index (χ3v) is 1.99. The molecule has 0 radical (unpaired) electrons. The lowest BCUT2D eigenvalue weighted by atomic mass is 9.94. The number of nitrogens with one attached hydrogen (secondary N) is 2. The van der Waals surface area contributed by atoms with Crippen LogP contribution in [0.15, 0.2) is 0 Å². The summed E-state index contributed by atoms with van der Waals surface area (Å²) in [6, 6.07) is 0. The maximum atomic E-state index is 11.1. The molecule has 1 heterocycles. The molecule has 1 atom stereocenters. The third kappa shape index (κ3) is 7.08. The Morgan fingerprint density at radius 2 is 1.87 bits per heavy atom. The van der Waals surface area contributed by atoms with E-state index in [9.17, 15) is 9.59 Å². The van der Waals surface area contributed by atoms with Gasteiger partial charge in [-0.05, 0) is 12.8 Å². The molecule has 1 saturated heterocycles. The normalized spacial score (nSPS) is 20.7. The topological polar surface area (TPSA) is 50.6 Å². The van der Waals surface area contributed by atoms with Gasteiger partial charge in [0.15, 0.2) is 0 Å². The standard InChI is InChI=1S/C8H13NO2.C3H9N/c1-2-3-6-4-5-7(10)9-8(6)11;1-4(2)3/h6H,2-5H2,1H3,(H,9,10,11);1-3H3/p+1. The Bertz CT molecular complexity index is 212. The van der Waals surface area contributed by atoms with Crippen LogP contribution in [0, 0.1) is 5.92 Å². The highest BCUT2D eigenvalue weighted by Gasteiger charge is 2.25. The fourth-order valence-electron chi connectivity index (χ4n) is 1.36.